The van der Waals surface area contributed by atoms with Gasteiger partial charge in [-0.15, -0.1) is 0 Å². The van der Waals surface area contributed by atoms with Gasteiger partial charge in [-0.2, -0.15) is 10.1 Å². The molecule has 1 aliphatic heterocycles. The monoisotopic (exact) mass is 393 g/mol. The summed E-state index contributed by atoms with van der Waals surface area (Å²) in [6.45, 7) is 9.83. The molecule has 0 spiro atoms. The van der Waals surface area contributed by atoms with Crippen molar-refractivity contribution < 1.29 is 0 Å². The molecule has 3 heterocycles. The smallest absolute Gasteiger partial charge is 0.227 e. The Morgan fingerprint density at radius 2 is 1.76 bits per heavy atom. The van der Waals surface area contributed by atoms with E-state index in [1.807, 2.05) is 32.0 Å². The zero-order chi connectivity index (χ0) is 20.5. The molecule has 0 atom stereocenters. The van der Waals surface area contributed by atoms with Gasteiger partial charge in [0, 0.05) is 50.4 Å². The van der Waals surface area contributed by atoms with E-state index in [0.717, 1.165) is 68.0 Å². The van der Waals surface area contributed by atoms with Crippen LogP contribution >= 0.6 is 0 Å². The summed E-state index contributed by atoms with van der Waals surface area (Å²) < 4.78 is 0. The van der Waals surface area contributed by atoms with Crippen LogP contribution in [0.4, 0.5) is 17.6 Å². The average molecular weight is 394 g/mol. The van der Waals surface area contributed by atoms with Gasteiger partial charge < -0.3 is 15.5 Å². The van der Waals surface area contributed by atoms with E-state index in [1.54, 1.807) is 0 Å². The lowest BCUT2D eigenvalue weighted by atomic mass is 10.1. The van der Waals surface area contributed by atoms with Gasteiger partial charge in [-0.1, -0.05) is 51.1 Å². The normalized spacial score (nSPS) is 13.6. The number of aromatic nitrogens is 4. The average Bonchev–Trinajstić information content (AvgIpc) is 3.24. The van der Waals surface area contributed by atoms with E-state index in [4.69, 9.17) is 9.97 Å². The van der Waals surface area contributed by atoms with Crippen LogP contribution in [0.1, 0.15) is 37.7 Å². The maximum Gasteiger partial charge on any atom is 0.227 e. The highest BCUT2D eigenvalue weighted by Crippen LogP contribution is 2.20. The van der Waals surface area contributed by atoms with Crippen molar-refractivity contribution in [3.8, 4) is 0 Å². The van der Waals surface area contributed by atoms with Crippen molar-refractivity contribution in [3.63, 3.8) is 0 Å². The van der Waals surface area contributed by atoms with Gasteiger partial charge >= 0.3 is 0 Å². The summed E-state index contributed by atoms with van der Waals surface area (Å²) in [5.74, 6) is 2.33. The first kappa shape index (κ1) is 20.8. The Morgan fingerprint density at radius 3 is 2.45 bits per heavy atom. The number of nitrogens with zero attached hydrogens (tertiary/aromatic N) is 4. The van der Waals surface area contributed by atoms with Gasteiger partial charge in [0.2, 0.25) is 5.95 Å². The lowest BCUT2D eigenvalue weighted by Crippen LogP contribution is -2.44. The molecule has 154 valence electrons. The molecular weight excluding hydrogens is 362 g/mol. The van der Waals surface area contributed by atoms with Crippen LogP contribution < -0.4 is 15.5 Å². The van der Waals surface area contributed by atoms with Crippen molar-refractivity contribution >= 4 is 17.6 Å². The number of aromatic amines is 1. The molecule has 1 aliphatic rings. The van der Waals surface area contributed by atoms with E-state index < -0.39 is 0 Å². The Bertz CT molecular complexity index is 870. The third kappa shape index (κ3) is 5.77. The molecule has 0 radical (unpaired) electrons. The molecule has 0 saturated carbocycles. The van der Waals surface area contributed by atoms with Crippen molar-refractivity contribution in [3.05, 3.63) is 59.4 Å². The van der Waals surface area contributed by atoms with Gasteiger partial charge in [0.25, 0.3) is 0 Å². The highest BCUT2D eigenvalue weighted by Gasteiger charge is 2.16. The van der Waals surface area contributed by atoms with Crippen molar-refractivity contribution in [1.29, 1.82) is 0 Å². The number of anilines is 3. The lowest BCUT2D eigenvalue weighted by Gasteiger charge is -2.28. The first-order valence-corrected chi connectivity index (χ1v) is 10.5. The van der Waals surface area contributed by atoms with Gasteiger partial charge in [-0.05, 0) is 12.0 Å². The SMILES string of the molecule is CC.CCc1cc(Nc2cc(Cc3ccccc3)nc(N3CCNCC3)n2)n[nH]1. The fourth-order valence-corrected chi connectivity index (χ4v) is 3.19. The molecule has 2 aromatic heterocycles. The largest absolute Gasteiger partial charge is 0.338 e. The van der Waals surface area contributed by atoms with Crippen LogP contribution in [0.15, 0.2) is 42.5 Å². The minimum Gasteiger partial charge on any atom is -0.338 e. The fourth-order valence-electron chi connectivity index (χ4n) is 3.19. The number of piperazine rings is 1. The highest BCUT2D eigenvalue weighted by atomic mass is 15.3. The Labute approximate surface area is 173 Å². The van der Waals surface area contributed by atoms with Gasteiger partial charge in [-0.3, -0.25) is 5.10 Å². The number of H-pyrrole nitrogens is 1. The summed E-state index contributed by atoms with van der Waals surface area (Å²) >= 11 is 0. The molecule has 3 aromatic rings. The van der Waals surface area contributed by atoms with E-state index in [-0.39, 0.29) is 0 Å². The summed E-state index contributed by atoms with van der Waals surface area (Å²) in [7, 11) is 0. The quantitative estimate of drug-likeness (QED) is 0.594. The molecule has 7 nitrogen and oxygen atoms in total. The second-order valence-electron chi connectivity index (χ2n) is 6.70. The van der Waals surface area contributed by atoms with Crippen LogP contribution in [0, 0.1) is 0 Å². The van der Waals surface area contributed by atoms with Crippen molar-refractivity contribution in [2.45, 2.75) is 33.6 Å². The summed E-state index contributed by atoms with van der Waals surface area (Å²) in [6.07, 6.45) is 1.70. The molecule has 0 bridgehead atoms. The topological polar surface area (TPSA) is 81.8 Å². The Kier molecular flexibility index (Phi) is 7.58. The second-order valence-corrected chi connectivity index (χ2v) is 6.70. The number of hydrogen-bond donors (Lipinski definition) is 3. The zero-order valence-corrected chi connectivity index (χ0v) is 17.6. The van der Waals surface area contributed by atoms with Crippen LogP contribution in [-0.4, -0.2) is 46.3 Å². The van der Waals surface area contributed by atoms with E-state index in [9.17, 15) is 0 Å². The first-order chi connectivity index (χ1) is 14.3. The summed E-state index contributed by atoms with van der Waals surface area (Å²) in [6, 6.07) is 14.4. The Balaban J connectivity index is 0.00000117. The Hall–Kier alpha value is -2.93. The predicted octanol–water partition coefficient (Wildman–Crippen LogP) is 3.53. The standard InChI is InChI=1S/C20H25N7.C2H6/c1-2-16-13-19(26-25-16)23-18-14-17(12-15-6-4-3-5-7-15)22-20(24-18)27-10-8-21-9-11-27;1-2/h3-7,13-14,21H,2,8-12H2,1H3,(H2,22,23,24,25,26);1-2H3. The third-order valence-corrected chi connectivity index (χ3v) is 4.66. The number of rotatable bonds is 6. The number of benzene rings is 1. The van der Waals surface area contributed by atoms with Crippen LogP contribution in [-0.2, 0) is 12.8 Å². The predicted molar refractivity (Wildman–Crippen MR) is 119 cm³/mol. The van der Waals surface area contributed by atoms with Gasteiger partial charge in [-0.25, -0.2) is 4.98 Å². The van der Waals surface area contributed by atoms with Crippen molar-refractivity contribution in [1.82, 2.24) is 25.5 Å². The third-order valence-electron chi connectivity index (χ3n) is 4.66. The summed E-state index contributed by atoms with van der Waals surface area (Å²) in [5, 5.41) is 14.1. The van der Waals surface area contributed by atoms with Crippen molar-refractivity contribution in [2.75, 3.05) is 36.4 Å². The number of hydrogen-bond acceptors (Lipinski definition) is 6. The van der Waals surface area contributed by atoms with E-state index >= 15 is 0 Å². The van der Waals surface area contributed by atoms with Crippen LogP contribution in [0.3, 0.4) is 0 Å². The molecule has 3 N–H and O–H groups in total. The minimum atomic E-state index is 0.776. The van der Waals surface area contributed by atoms with Gasteiger partial charge in [0.15, 0.2) is 5.82 Å². The molecular formula is C22H31N7. The van der Waals surface area contributed by atoms with Crippen LogP contribution in [0.2, 0.25) is 0 Å². The first-order valence-electron chi connectivity index (χ1n) is 10.5. The maximum absolute atomic E-state index is 4.83. The van der Waals surface area contributed by atoms with E-state index in [0.29, 0.717) is 0 Å². The van der Waals surface area contributed by atoms with Gasteiger partial charge in [0.1, 0.15) is 5.82 Å². The lowest BCUT2D eigenvalue weighted by molar-refractivity contribution is 0.579. The highest BCUT2D eigenvalue weighted by molar-refractivity contribution is 5.55. The van der Waals surface area contributed by atoms with Gasteiger partial charge in [0.05, 0.1) is 5.69 Å². The summed E-state index contributed by atoms with van der Waals surface area (Å²) in [5.41, 5.74) is 3.33. The number of nitrogens with one attached hydrogen (secondary N) is 3. The molecule has 0 amide bonds. The molecule has 7 heteroatoms. The molecule has 1 fully saturated rings. The Morgan fingerprint density at radius 1 is 1.00 bits per heavy atom. The molecule has 1 saturated heterocycles. The maximum atomic E-state index is 4.83. The molecule has 1 aromatic carbocycles. The molecule has 29 heavy (non-hydrogen) atoms. The van der Waals surface area contributed by atoms with Crippen molar-refractivity contribution in [2.24, 2.45) is 0 Å². The minimum absolute atomic E-state index is 0.776. The molecule has 4 rings (SSSR count). The summed E-state index contributed by atoms with van der Waals surface area (Å²) in [4.78, 5) is 11.8. The molecule has 0 aliphatic carbocycles. The van der Waals surface area contributed by atoms with E-state index in [2.05, 4.69) is 56.9 Å². The van der Waals surface area contributed by atoms with E-state index in [1.165, 1.54) is 5.56 Å². The number of aryl methyl sites for hydroxylation is 1. The fraction of sp³-hybridized carbons (Fsp3) is 0.409. The zero-order valence-electron chi connectivity index (χ0n) is 17.6. The molecule has 0 unspecified atom stereocenters. The van der Waals surface area contributed by atoms with Crippen LogP contribution in [0.5, 0.6) is 0 Å². The van der Waals surface area contributed by atoms with Crippen LogP contribution in [0.25, 0.3) is 0 Å². The second kappa shape index (κ2) is 10.6.